The predicted octanol–water partition coefficient (Wildman–Crippen LogP) is 6.39. The Balaban J connectivity index is 0.000000158. The summed E-state index contributed by atoms with van der Waals surface area (Å²) in [5, 5.41) is 24.1. The monoisotopic (exact) mass is 834 g/mol. The Morgan fingerprint density at radius 1 is 0.645 bits per heavy atom. The van der Waals surface area contributed by atoms with Crippen molar-refractivity contribution in [2.45, 2.75) is 38.5 Å². The Morgan fingerprint density at radius 3 is 1.44 bits per heavy atom. The fourth-order valence-electron chi connectivity index (χ4n) is 7.75. The number of amides is 2. The van der Waals surface area contributed by atoms with E-state index in [9.17, 15) is 18.4 Å². The lowest BCUT2D eigenvalue weighted by molar-refractivity contribution is -0.118. The van der Waals surface area contributed by atoms with Gasteiger partial charge in [0.15, 0.2) is 11.6 Å². The van der Waals surface area contributed by atoms with Crippen molar-refractivity contribution in [2.75, 3.05) is 22.1 Å². The molecule has 0 aliphatic heterocycles. The minimum absolute atomic E-state index is 0.0195. The fourth-order valence-corrected chi connectivity index (χ4v) is 7.75. The maximum Gasteiger partial charge on any atom is 0.229 e. The van der Waals surface area contributed by atoms with Crippen LogP contribution >= 0.6 is 0 Å². The first kappa shape index (κ1) is 39.7. The third-order valence-corrected chi connectivity index (χ3v) is 11.4. The Labute approximate surface area is 352 Å². The molecule has 6 N–H and O–H groups in total. The number of halogens is 2. The summed E-state index contributed by atoms with van der Waals surface area (Å²) in [5.74, 6) is -0.676. The van der Waals surface area contributed by atoms with Crippen LogP contribution in [0.4, 0.5) is 31.8 Å². The van der Waals surface area contributed by atoms with Gasteiger partial charge in [-0.15, -0.1) is 10.2 Å². The first-order valence-corrected chi connectivity index (χ1v) is 19.8. The number of aromatic nitrogens is 10. The van der Waals surface area contributed by atoms with Crippen LogP contribution in [-0.4, -0.2) is 61.7 Å². The minimum Gasteiger partial charge on any atom is -0.396 e. The molecule has 62 heavy (non-hydrogen) atoms. The number of nitrogens with zero attached hydrogens (tertiary/aromatic N) is 10. The summed E-state index contributed by atoms with van der Waals surface area (Å²) in [6.45, 7) is 3.77. The van der Waals surface area contributed by atoms with Crippen molar-refractivity contribution in [3.8, 4) is 22.3 Å². The molecule has 2 fully saturated rings. The maximum atomic E-state index is 15.0. The molecule has 2 aromatic carbocycles. The number of nitrogen functional groups attached to an aromatic ring is 2. The van der Waals surface area contributed by atoms with E-state index in [2.05, 4.69) is 51.2 Å². The van der Waals surface area contributed by atoms with Crippen LogP contribution in [0.3, 0.4) is 0 Å². The summed E-state index contributed by atoms with van der Waals surface area (Å²) in [6, 6.07) is 10.5. The molecular formula is C44H40F2N14O2. The van der Waals surface area contributed by atoms with E-state index in [-0.39, 0.29) is 46.9 Å². The van der Waals surface area contributed by atoms with Crippen LogP contribution in [0.1, 0.15) is 47.2 Å². The number of benzene rings is 2. The number of rotatable bonds is 8. The zero-order chi connectivity index (χ0) is 43.4. The molecule has 0 spiro atoms. The van der Waals surface area contributed by atoms with Gasteiger partial charge < -0.3 is 22.1 Å². The number of aryl methyl sites for hydroxylation is 4. The van der Waals surface area contributed by atoms with Gasteiger partial charge in [0.05, 0.1) is 22.8 Å². The highest BCUT2D eigenvalue weighted by Gasteiger charge is 2.46. The highest BCUT2D eigenvalue weighted by molar-refractivity contribution is 6.02. The smallest absolute Gasteiger partial charge is 0.229 e. The Hall–Kier alpha value is -7.76. The van der Waals surface area contributed by atoms with Gasteiger partial charge in [-0.3, -0.25) is 28.9 Å². The van der Waals surface area contributed by atoms with Gasteiger partial charge >= 0.3 is 0 Å². The van der Waals surface area contributed by atoms with Crippen molar-refractivity contribution in [1.82, 2.24) is 49.9 Å². The molecule has 0 unspecified atom stereocenters. The van der Waals surface area contributed by atoms with Crippen molar-refractivity contribution in [3.63, 3.8) is 0 Å². The molecule has 2 amide bonds. The zero-order valence-electron chi connectivity index (χ0n) is 34.0. The topological polar surface area (TPSA) is 223 Å². The summed E-state index contributed by atoms with van der Waals surface area (Å²) in [5.41, 5.74) is 17.6. The molecule has 16 nitrogen and oxygen atoms in total. The van der Waals surface area contributed by atoms with Gasteiger partial charge in [0, 0.05) is 120 Å². The van der Waals surface area contributed by atoms with Crippen molar-refractivity contribution >= 4 is 56.4 Å². The Morgan fingerprint density at radius 2 is 1.06 bits per heavy atom. The quantitative estimate of drug-likeness (QED) is 0.122. The largest absolute Gasteiger partial charge is 0.396 e. The van der Waals surface area contributed by atoms with Crippen LogP contribution in [0.15, 0.2) is 86.0 Å². The van der Waals surface area contributed by atoms with E-state index in [1.54, 1.807) is 72.5 Å². The molecule has 10 rings (SSSR count). The van der Waals surface area contributed by atoms with Crippen LogP contribution in [0.25, 0.3) is 43.8 Å². The molecule has 2 aliphatic carbocycles. The molecule has 6 aromatic heterocycles. The van der Waals surface area contributed by atoms with Gasteiger partial charge in [-0.25, -0.2) is 18.7 Å². The summed E-state index contributed by atoms with van der Waals surface area (Å²) < 4.78 is 33.2. The number of hydrogen-bond donors (Lipinski definition) is 4. The fraction of sp³-hybridized carbons (Fsp3) is 0.227. The average Bonchev–Trinajstić information content (AvgIpc) is 4.16. The third-order valence-electron chi connectivity index (χ3n) is 11.4. The summed E-state index contributed by atoms with van der Waals surface area (Å²) in [7, 11) is 3.59. The van der Waals surface area contributed by atoms with E-state index in [4.69, 9.17) is 11.5 Å². The number of carbonyl (C=O) groups excluding carboxylic acids is 2. The van der Waals surface area contributed by atoms with E-state index in [1.807, 2.05) is 38.4 Å². The lowest BCUT2D eigenvalue weighted by Crippen LogP contribution is -2.15. The van der Waals surface area contributed by atoms with Crippen LogP contribution in [0.5, 0.6) is 0 Å². The number of nitrogens with one attached hydrogen (secondary N) is 2. The van der Waals surface area contributed by atoms with Crippen molar-refractivity contribution in [3.05, 3.63) is 120 Å². The van der Waals surface area contributed by atoms with E-state index < -0.39 is 11.6 Å². The molecule has 2 aliphatic rings. The molecule has 0 saturated heterocycles. The molecular weight excluding hydrogens is 795 g/mol. The first-order chi connectivity index (χ1) is 29.8. The molecule has 2 saturated carbocycles. The molecule has 312 valence electrons. The molecule has 4 atom stereocenters. The van der Waals surface area contributed by atoms with Crippen LogP contribution in [-0.2, 0) is 23.7 Å². The van der Waals surface area contributed by atoms with E-state index in [1.165, 1.54) is 12.4 Å². The van der Waals surface area contributed by atoms with Crippen LogP contribution < -0.4 is 22.1 Å². The highest BCUT2D eigenvalue weighted by atomic mass is 19.1. The van der Waals surface area contributed by atoms with Gasteiger partial charge in [-0.1, -0.05) is 10.4 Å². The van der Waals surface area contributed by atoms with Crippen LogP contribution in [0.2, 0.25) is 0 Å². The SMILES string of the molecule is Cc1ccncc1-c1cc2cc(NC(=O)[C@@H]3C[C@H]3c3cn(C)nn3)ncc2c(N)c1F.Cc1ccncc1-c1cc2cc(NC(=O)[C@H]3C[C@@H]3c3cn(C)nn3)ncc2c(N)c1F. The number of nitrogens with two attached hydrogens (primary N) is 2. The maximum absolute atomic E-state index is 15.0. The highest BCUT2D eigenvalue weighted by Crippen LogP contribution is 2.48. The Bertz CT molecular complexity index is 2870. The van der Waals surface area contributed by atoms with Gasteiger partial charge in [0.25, 0.3) is 0 Å². The molecule has 8 aromatic rings. The average molecular weight is 835 g/mol. The summed E-state index contributed by atoms with van der Waals surface area (Å²) in [6.07, 6.45) is 14.6. The summed E-state index contributed by atoms with van der Waals surface area (Å²) in [4.78, 5) is 42.0. The molecule has 0 radical (unpaired) electrons. The van der Waals surface area contributed by atoms with E-state index in [0.717, 1.165) is 35.4 Å². The lowest BCUT2D eigenvalue weighted by Gasteiger charge is -2.12. The summed E-state index contributed by atoms with van der Waals surface area (Å²) >= 11 is 0. The van der Waals surface area contributed by atoms with Gasteiger partial charge in [0.2, 0.25) is 11.8 Å². The number of fused-ring (bicyclic) bond motifs is 2. The first-order valence-electron chi connectivity index (χ1n) is 19.8. The standard InChI is InChI=1S/2C22H20FN7O/c2*1-11-3-4-25-8-16(11)14-5-12-6-19(26-9-17(12)21(24)20(14)23)27-22(31)15-7-13(15)18-10-30(2)29-28-18/h2*3-6,8-10,13,15H,7,24H2,1-2H3,(H,26,27,31)/t2*13-,15-/m10/s1. The number of pyridine rings is 4. The van der Waals surface area contributed by atoms with Gasteiger partial charge in [0.1, 0.15) is 11.6 Å². The number of carbonyl (C=O) groups is 2. The van der Waals surface area contributed by atoms with E-state index >= 15 is 0 Å². The second-order valence-corrected chi connectivity index (χ2v) is 15.8. The second kappa shape index (κ2) is 15.7. The Kier molecular flexibility index (Phi) is 10.0. The minimum atomic E-state index is -0.507. The molecule has 0 bridgehead atoms. The van der Waals surface area contributed by atoms with Gasteiger partial charge in [-0.05, 0) is 85.0 Å². The van der Waals surface area contributed by atoms with Crippen molar-refractivity contribution in [2.24, 2.45) is 25.9 Å². The predicted molar refractivity (Wildman–Crippen MR) is 229 cm³/mol. The molecule has 6 heterocycles. The van der Waals surface area contributed by atoms with Crippen LogP contribution in [0, 0.1) is 37.3 Å². The van der Waals surface area contributed by atoms with Gasteiger partial charge in [-0.2, -0.15) is 0 Å². The van der Waals surface area contributed by atoms with Crippen molar-refractivity contribution in [1.29, 1.82) is 0 Å². The lowest BCUT2D eigenvalue weighted by atomic mass is 9.98. The normalized spacial score (nSPS) is 17.6. The number of anilines is 4. The second-order valence-electron chi connectivity index (χ2n) is 15.8. The third kappa shape index (κ3) is 7.61. The van der Waals surface area contributed by atoms with Crippen molar-refractivity contribution < 1.29 is 18.4 Å². The molecule has 18 heteroatoms. The number of hydrogen-bond acceptors (Lipinski definition) is 12. The van der Waals surface area contributed by atoms with E-state index in [0.29, 0.717) is 55.4 Å². The zero-order valence-corrected chi connectivity index (χ0v) is 34.0.